The molecule has 1 saturated carbocycles. The molecule has 0 aromatic heterocycles. The summed E-state index contributed by atoms with van der Waals surface area (Å²) in [4.78, 5) is 96.8. The number of esters is 1. The van der Waals surface area contributed by atoms with E-state index in [9.17, 15) is 33.6 Å². The van der Waals surface area contributed by atoms with E-state index in [4.69, 9.17) is 9.47 Å². The number of rotatable bonds is 17. The van der Waals surface area contributed by atoms with Crippen molar-refractivity contribution in [2.24, 2.45) is 5.92 Å². The Kier molecular flexibility index (Phi) is 16.6. The Hall–Kier alpha value is -6.05. The standard InChI is InChI=1S/C47H59N5O9/c1-5-18-36(41(54)43(56)48-28-38(53)50-40(34-25-16-9-17-26-34)45(58)60-30-31-19-10-6-11-20-31)49-42(55)37-27-35(32-21-12-7-13-22-32)29-52(37)44(57)39(33-23-14-8-15-24-33)51-46(59)61-47(2,3)4/h6-7,9-13,16-17,19-22,25-26,33,35-37,39-40H,5,8,14-15,18,23-24,27-30H2,1-4H3,(H,48,56)(H,49,55)(H,50,53)(H,51,59)/t35-,36?,37+,39+,40?/m1/s1. The fourth-order valence-electron chi connectivity index (χ4n) is 7.94. The Morgan fingerprint density at radius 1 is 0.787 bits per heavy atom. The van der Waals surface area contributed by atoms with Crippen molar-refractivity contribution in [1.29, 1.82) is 0 Å². The van der Waals surface area contributed by atoms with E-state index in [0.29, 0.717) is 12.0 Å². The van der Waals surface area contributed by atoms with Gasteiger partial charge in [-0.1, -0.05) is 124 Å². The third-order valence-corrected chi connectivity index (χ3v) is 11.0. The van der Waals surface area contributed by atoms with Crippen molar-refractivity contribution in [3.05, 3.63) is 108 Å². The van der Waals surface area contributed by atoms with Crippen molar-refractivity contribution < 1.29 is 43.0 Å². The zero-order chi connectivity index (χ0) is 43.9. The predicted molar refractivity (Wildman–Crippen MR) is 227 cm³/mol. The van der Waals surface area contributed by atoms with E-state index in [1.54, 1.807) is 70.2 Å². The molecule has 0 spiro atoms. The molecular weight excluding hydrogens is 779 g/mol. The third kappa shape index (κ3) is 13.5. The van der Waals surface area contributed by atoms with Gasteiger partial charge in [-0.2, -0.15) is 0 Å². The predicted octanol–water partition coefficient (Wildman–Crippen LogP) is 5.42. The molecule has 2 unspecified atom stereocenters. The van der Waals surface area contributed by atoms with E-state index in [0.717, 1.165) is 43.2 Å². The lowest BCUT2D eigenvalue weighted by atomic mass is 9.83. The van der Waals surface area contributed by atoms with Crippen molar-refractivity contribution in [3.63, 3.8) is 0 Å². The Balaban J connectivity index is 1.27. The quantitative estimate of drug-likeness (QED) is 0.102. The second-order valence-electron chi connectivity index (χ2n) is 16.8. The average molecular weight is 838 g/mol. The lowest BCUT2D eigenvalue weighted by Crippen LogP contribution is -2.58. The van der Waals surface area contributed by atoms with Gasteiger partial charge in [0.25, 0.3) is 5.91 Å². The molecule has 2 aliphatic rings. The smallest absolute Gasteiger partial charge is 0.408 e. The Labute approximate surface area is 357 Å². The Morgan fingerprint density at radius 2 is 1.41 bits per heavy atom. The first-order valence-electron chi connectivity index (χ1n) is 21.3. The van der Waals surface area contributed by atoms with Crippen LogP contribution >= 0.6 is 0 Å². The molecule has 3 aromatic rings. The maximum absolute atomic E-state index is 14.6. The number of ether oxygens (including phenoxy) is 2. The molecule has 14 nitrogen and oxygen atoms in total. The van der Waals surface area contributed by atoms with Gasteiger partial charge < -0.3 is 35.6 Å². The summed E-state index contributed by atoms with van der Waals surface area (Å²) in [6, 6.07) is 22.7. The number of benzene rings is 3. The van der Waals surface area contributed by atoms with Crippen LogP contribution in [-0.2, 0) is 44.8 Å². The lowest BCUT2D eigenvalue weighted by molar-refractivity contribution is -0.149. The van der Waals surface area contributed by atoms with E-state index >= 15 is 0 Å². The van der Waals surface area contributed by atoms with Crippen molar-refractivity contribution in [2.75, 3.05) is 13.1 Å². The lowest BCUT2D eigenvalue weighted by Gasteiger charge is -2.35. The number of hydrogen-bond acceptors (Lipinski definition) is 9. The van der Waals surface area contributed by atoms with E-state index in [1.807, 2.05) is 48.5 Å². The van der Waals surface area contributed by atoms with E-state index in [-0.39, 0.29) is 37.8 Å². The van der Waals surface area contributed by atoms with Crippen LogP contribution in [0.4, 0.5) is 4.79 Å². The van der Waals surface area contributed by atoms with Gasteiger partial charge in [0.15, 0.2) is 6.04 Å². The monoisotopic (exact) mass is 837 g/mol. The summed E-state index contributed by atoms with van der Waals surface area (Å²) >= 11 is 0. The molecule has 1 heterocycles. The Bertz CT molecular complexity index is 1970. The van der Waals surface area contributed by atoms with Crippen LogP contribution in [-0.4, -0.2) is 83.2 Å². The fraction of sp³-hybridized carbons (Fsp3) is 0.468. The topological polar surface area (TPSA) is 189 Å². The van der Waals surface area contributed by atoms with Crippen LogP contribution in [0.15, 0.2) is 91.0 Å². The van der Waals surface area contributed by atoms with E-state index < -0.39 is 77.8 Å². The summed E-state index contributed by atoms with van der Waals surface area (Å²) in [5.74, 6) is -4.92. The number of nitrogens with zero attached hydrogens (tertiary/aromatic N) is 1. The number of amides is 5. The van der Waals surface area contributed by atoms with Gasteiger partial charge in [-0.05, 0) is 69.1 Å². The molecule has 5 amide bonds. The van der Waals surface area contributed by atoms with E-state index in [2.05, 4.69) is 21.3 Å². The summed E-state index contributed by atoms with van der Waals surface area (Å²) in [5, 5.41) is 10.5. The summed E-state index contributed by atoms with van der Waals surface area (Å²) in [5.41, 5.74) is 1.36. The first-order chi connectivity index (χ1) is 29.2. The van der Waals surface area contributed by atoms with Gasteiger partial charge >= 0.3 is 12.1 Å². The normalized spacial score (nSPS) is 18.1. The zero-order valence-corrected chi connectivity index (χ0v) is 35.5. The second-order valence-corrected chi connectivity index (χ2v) is 16.8. The number of Topliss-reactive ketones (excluding diaryl/α,β-unsaturated/α-hetero) is 1. The molecule has 61 heavy (non-hydrogen) atoms. The molecule has 326 valence electrons. The molecule has 0 bridgehead atoms. The highest BCUT2D eigenvalue weighted by Crippen LogP contribution is 2.35. The molecule has 3 aromatic carbocycles. The van der Waals surface area contributed by atoms with Crippen molar-refractivity contribution >= 4 is 41.5 Å². The number of nitrogens with one attached hydrogen (secondary N) is 4. The molecule has 5 atom stereocenters. The van der Waals surface area contributed by atoms with Crippen molar-refractivity contribution in [3.8, 4) is 0 Å². The van der Waals surface area contributed by atoms with Gasteiger partial charge in [-0.25, -0.2) is 9.59 Å². The molecule has 1 saturated heterocycles. The van der Waals surface area contributed by atoms with Crippen LogP contribution in [0.3, 0.4) is 0 Å². The van der Waals surface area contributed by atoms with Gasteiger partial charge in [0.1, 0.15) is 24.3 Å². The van der Waals surface area contributed by atoms with Gasteiger partial charge in [0, 0.05) is 12.5 Å². The van der Waals surface area contributed by atoms with Gasteiger partial charge in [0.05, 0.1) is 12.6 Å². The molecule has 2 fully saturated rings. The number of ketones is 1. The molecule has 0 radical (unpaired) electrons. The highest BCUT2D eigenvalue weighted by Gasteiger charge is 2.45. The zero-order valence-electron chi connectivity index (χ0n) is 35.5. The minimum atomic E-state index is -1.26. The number of carbonyl (C=O) groups is 7. The van der Waals surface area contributed by atoms with Crippen LogP contribution in [0.5, 0.6) is 0 Å². The molecule has 1 aliphatic carbocycles. The SMILES string of the molecule is CCCC(NC(=O)[C@@H]1C[C@@H](c2ccccc2)CN1C(=O)[C@@H](NC(=O)OC(C)(C)C)C1CCCCC1)C(=O)C(=O)NCC(=O)NC(C(=O)OCc1ccccc1)c1ccccc1. The number of hydrogen-bond donors (Lipinski definition) is 4. The summed E-state index contributed by atoms with van der Waals surface area (Å²) in [7, 11) is 0. The largest absolute Gasteiger partial charge is 0.459 e. The van der Waals surface area contributed by atoms with Crippen LogP contribution in [0, 0.1) is 5.92 Å². The highest BCUT2D eigenvalue weighted by molar-refractivity contribution is 6.38. The maximum Gasteiger partial charge on any atom is 0.408 e. The minimum Gasteiger partial charge on any atom is -0.459 e. The van der Waals surface area contributed by atoms with Crippen LogP contribution in [0.25, 0.3) is 0 Å². The Morgan fingerprint density at radius 3 is 2.03 bits per heavy atom. The average Bonchev–Trinajstić information content (AvgIpc) is 3.72. The molecule has 14 heteroatoms. The van der Waals surface area contributed by atoms with Crippen LogP contribution in [0.1, 0.15) is 108 Å². The molecular formula is C47H59N5O9. The van der Waals surface area contributed by atoms with Gasteiger partial charge in [-0.3, -0.25) is 24.0 Å². The second kappa shape index (κ2) is 22.0. The fourth-order valence-corrected chi connectivity index (χ4v) is 7.94. The summed E-state index contributed by atoms with van der Waals surface area (Å²) in [6.45, 7) is 6.58. The number of carbonyl (C=O) groups excluding carboxylic acids is 7. The summed E-state index contributed by atoms with van der Waals surface area (Å²) < 4.78 is 11.0. The first kappa shape index (κ1) is 46.0. The van der Waals surface area contributed by atoms with Gasteiger partial charge in [0.2, 0.25) is 23.5 Å². The third-order valence-electron chi connectivity index (χ3n) is 11.0. The first-order valence-corrected chi connectivity index (χ1v) is 21.3. The summed E-state index contributed by atoms with van der Waals surface area (Å²) in [6.07, 6.45) is 4.36. The maximum atomic E-state index is 14.6. The van der Waals surface area contributed by atoms with Crippen molar-refractivity contribution in [2.45, 2.75) is 121 Å². The van der Waals surface area contributed by atoms with E-state index in [1.165, 1.54) is 4.90 Å². The molecule has 1 aliphatic heterocycles. The molecule has 4 N–H and O–H groups in total. The molecule has 5 rings (SSSR count). The van der Waals surface area contributed by atoms with Crippen molar-refractivity contribution in [1.82, 2.24) is 26.2 Å². The van der Waals surface area contributed by atoms with Gasteiger partial charge in [-0.15, -0.1) is 0 Å². The van der Waals surface area contributed by atoms with Crippen LogP contribution < -0.4 is 21.3 Å². The number of alkyl carbamates (subject to hydrolysis) is 1. The highest BCUT2D eigenvalue weighted by atomic mass is 16.6. The minimum absolute atomic E-state index is 0.0155. The number of likely N-dealkylation sites (tertiary alicyclic amines) is 1. The van der Waals surface area contributed by atoms with Crippen LogP contribution in [0.2, 0.25) is 0 Å².